The van der Waals surface area contributed by atoms with E-state index in [9.17, 15) is 0 Å². The molecule has 0 radical (unpaired) electrons. The van der Waals surface area contributed by atoms with Crippen molar-refractivity contribution in [2.75, 3.05) is 0 Å². The number of aromatic hydroxyl groups is 1. The van der Waals surface area contributed by atoms with Gasteiger partial charge in [-0.2, -0.15) is 7.05 Å². The first-order valence-corrected chi connectivity index (χ1v) is 3.70. The Labute approximate surface area is 70.8 Å². The standard InChI is InChI=1S/C8H10ClNO/c1-10-5-6-2-3-7(11)4-8(6)9/h2-4,11H,1,5,10H2. The van der Waals surface area contributed by atoms with E-state index in [1.807, 2.05) is 0 Å². The highest BCUT2D eigenvalue weighted by atomic mass is 35.5. The molecule has 0 atom stereocenters. The Morgan fingerprint density at radius 1 is 1.55 bits per heavy atom. The van der Waals surface area contributed by atoms with Crippen molar-refractivity contribution < 1.29 is 10.4 Å². The highest BCUT2D eigenvalue weighted by Gasteiger charge is 1.99. The van der Waals surface area contributed by atoms with E-state index in [1.165, 1.54) is 6.07 Å². The van der Waals surface area contributed by atoms with E-state index in [0.717, 1.165) is 12.1 Å². The van der Waals surface area contributed by atoms with Gasteiger partial charge in [-0.1, -0.05) is 11.6 Å². The van der Waals surface area contributed by atoms with Gasteiger partial charge in [0.1, 0.15) is 5.75 Å². The quantitative estimate of drug-likeness (QED) is 0.638. The van der Waals surface area contributed by atoms with Crippen LogP contribution >= 0.6 is 11.6 Å². The lowest BCUT2D eigenvalue weighted by Crippen LogP contribution is -2.74. The van der Waals surface area contributed by atoms with Crippen LogP contribution in [0.4, 0.5) is 0 Å². The lowest BCUT2D eigenvalue weighted by Gasteiger charge is -2.03. The summed E-state index contributed by atoms with van der Waals surface area (Å²) in [6, 6.07) is 4.93. The first-order valence-electron chi connectivity index (χ1n) is 3.32. The number of phenols is 1. The van der Waals surface area contributed by atoms with Crippen molar-refractivity contribution in [3.63, 3.8) is 0 Å². The molecular weight excluding hydrogens is 162 g/mol. The lowest BCUT2D eigenvalue weighted by molar-refractivity contribution is -0.612. The van der Waals surface area contributed by atoms with Crippen LogP contribution in [0.5, 0.6) is 5.75 Å². The molecule has 60 valence electrons. The van der Waals surface area contributed by atoms with E-state index in [0.29, 0.717) is 5.02 Å². The number of benzene rings is 1. The molecule has 0 aliphatic rings. The maximum absolute atomic E-state index is 9.00. The third-order valence-corrected chi connectivity index (χ3v) is 1.75. The van der Waals surface area contributed by atoms with Crippen molar-refractivity contribution in [3.8, 4) is 5.75 Å². The van der Waals surface area contributed by atoms with Gasteiger partial charge in [-0.3, -0.25) is 0 Å². The molecule has 1 aromatic rings. The summed E-state index contributed by atoms with van der Waals surface area (Å²) < 4.78 is 0. The number of halogens is 1. The maximum atomic E-state index is 9.00. The minimum absolute atomic E-state index is 0.197. The van der Waals surface area contributed by atoms with Gasteiger partial charge in [-0.15, -0.1) is 0 Å². The monoisotopic (exact) mass is 171 g/mol. The Morgan fingerprint density at radius 3 is 2.82 bits per heavy atom. The molecular formula is C8H10ClNO. The second kappa shape index (κ2) is 3.60. The van der Waals surface area contributed by atoms with Crippen LogP contribution in [-0.2, 0) is 6.54 Å². The molecule has 2 nitrogen and oxygen atoms in total. The van der Waals surface area contributed by atoms with Crippen LogP contribution in [0.15, 0.2) is 18.2 Å². The molecule has 0 unspecified atom stereocenters. The smallest absolute Gasteiger partial charge is 0.117 e. The second-order valence-corrected chi connectivity index (χ2v) is 2.68. The van der Waals surface area contributed by atoms with Crippen LogP contribution in [0.1, 0.15) is 5.56 Å². The van der Waals surface area contributed by atoms with Gasteiger partial charge < -0.3 is 10.4 Å². The molecule has 0 saturated heterocycles. The molecule has 0 aromatic heterocycles. The first kappa shape index (κ1) is 8.37. The Morgan fingerprint density at radius 2 is 2.27 bits per heavy atom. The summed E-state index contributed by atoms with van der Waals surface area (Å²) in [5, 5.41) is 11.4. The topological polar surface area (TPSA) is 36.8 Å². The highest BCUT2D eigenvalue weighted by Crippen LogP contribution is 2.20. The Hall–Kier alpha value is -0.730. The number of hydrogen-bond donors (Lipinski definition) is 2. The van der Waals surface area contributed by atoms with E-state index < -0.39 is 0 Å². The molecule has 3 heteroatoms. The Balaban J connectivity index is 2.90. The Bertz CT molecular complexity index is 250. The zero-order valence-electron chi connectivity index (χ0n) is 6.05. The fourth-order valence-electron chi connectivity index (χ4n) is 0.857. The molecule has 3 N–H and O–H groups in total. The molecule has 0 aliphatic carbocycles. The number of rotatable bonds is 2. The fourth-order valence-corrected chi connectivity index (χ4v) is 1.11. The van der Waals surface area contributed by atoms with Crippen molar-refractivity contribution in [3.05, 3.63) is 35.8 Å². The average Bonchev–Trinajstić information content (AvgIpc) is 1.95. The van der Waals surface area contributed by atoms with Crippen molar-refractivity contribution in [1.82, 2.24) is 0 Å². The summed E-state index contributed by atoms with van der Waals surface area (Å²) >= 11 is 5.80. The number of quaternary nitrogens is 1. The maximum Gasteiger partial charge on any atom is 0.117 e. The van der Waals surface area contributed by atoms with Crippen LogP contribution in [0, 0.1) is 7.05 Å². The molecule has 11 heavy (non-hydrogen) atoms. The molecule has 0 saturated carbocycles. The van der Waals surface area contributed by atoms with Gasteiger partial charge >= 0.3 is 0 Å². The van der Waals surface area contributed by atoms with Crippen LogP contribution in [0.3, 0.4) is 0 Å². The number of hydrogen-bond acceptors (Lipinski definition) is 1. The normalized spacial score (nSPS) is 10.0. The summed E-state index contributed by atoms with van der Waals surface area (Å²) in [6.45, 7) is 0.735. The number of nitrogens with two attached hydrogens (primary N) is 1. The molecule has 0 spiro atoms. The van der Waals surface area contributed by atoms with E-state index in [2.05, 4.69) is 7.05 Å². The molecule has 0 fully saturated rings. The van der Waals surface area contributed by atoms with Crippen molar-refractivity contribution in [1.29, 1.82) is 0 Å². The average molecular weight is 172 g/mol. The SMILES string of the molecule is [CH2-][NH2+]Cc1ccc(O)cc1Cl. The summed E-state index contributed by atoms with van der Waals surface area (Å²) in [4.78, 5) is 0. The van der Waals surface area contributed by atoms with Crippen molar-refractivity contribution in [2.24, 2.45) is 0 Å². The third kappa shape index (κ3) is 2.10. The predicted molar refractivity (Wildman–Crippen MR) is 44.1 cm³/mol. The van der Waals surface area contributed by atoms with Crippen molar-refractivity contribution in [2.45, 2.75) is 6.54 Å². The van der Waals surface area contributed by atoms with Gasteiger partial charge in [-0.05, 0) is 18.2 Å². The molecule has 0 amide bonds. The lowest BCUT2D eigenvalue weighted by atomic mass is 10.2. The summed E-state index contributed by atoms with van der Waals surface area (Å²) in [6.07, 6.45) is 0. The molecule has 0 heterocycles. The molecule has 1 rings (SSSR count). The van der Waals surface area contributed by atoms with Crippen LogP contribution < -0.4 is 5.32 Å². The minimum atomic E-state index is 0.197. The van der Waals surface area contributed by atoms with E-state index in [4.69, 9.17) is 16.7 Å². The largest absolute Gasteiger partial charge is 0.508 e. The summed E-state index contributed by atoms with van der Waals surface area (Å²) in [7, 11) is 3.60. The van der Waals surface area contributed by atoms with Crippen molar-refractivity contribution >= 4 is 11.6 Å². The minimum Gasteiger partial charge on any atom is -0.508 e. The van der Waals surface area contributed by atoms with Crippen LogP contribution in [-0.4, -0.2) is 5.11 Å². The molecule has 0 bridgehead atoms. The van der Waals surface area contributed by atoms with Gasteiger partial charge in [0.05, 0.1) is 11.6 Å². The Kier molecular flexibility index (Phi) is 2.74. The van der Waals surface area contributed by atoms with Gasteiger partial charge in [0.2, 0.25) is 0 Å². The van der Waals surface area contributed by atoms with Gasteiger partial charge in [0.25, 0.3) is 0 Å². The van der Waals surface area contributed by atoms with Gasteiger partial charge in [0.15, 0.2) is 0 Å². The highest BCUT2D eigenvalue weighted by molar-refractivity contribution is 6.31. The van der Waals surface area contributed by atoms with E-state index in [1.54, 1.807) is 17.4 Å². The van der Waals surface area contributed by atoms with Gasteiger partial charge in [-0.25, -0.2) is 0 Å². The zero-order chi connectivity index (χ0) is 8.27. The second-order valence-electron chi connectivity index (χ2n) is 2.27. The fraction of sp³-hybridized carbons (Fsp3) is 0.125. The zero-order valence-corrected chi connectivity index (χ0v) is 6.80. The molecule has 0 aliphatic heterocycles. The third-order valence-electron chi connectivity index (χ3n) is 1.40. The predicted octanol–water partition coefficient (Wildman–Crippen LogP) is 0.901. The van der Waals surface area contributed by atoms with Crippen LogP contribution in [0.2, 0.25) is 5.02 Å². The van der Waals surface area contributed by atoms with Crippen LogP contribution in [0.25, 0.3) is 0 Å². The number of phenolic OH excluding ortho intramolecular Hbond substituents is 1. The first-order chi connectivity index (χ1) is 5.24. The summed E-state index contributed by atoms with van der Waals surface area (Å²) in [5.41, 5.74) is 0.986. The van der Waals surface area contributed by atoms with Gasteiger partial charge in [0, 0.05) is 5.56 Å². The summed E-state index contributed by atoms with van der Waals surface area (Å²) in [5.74, 6) is 0.197. The van der Waals surface area contributed by atoms with E-state index in [-0.39, 0.29) is 5.75 Å². The van der Waals surface area contributed by atoms with E-state index >= 15 is 0 Å². The molecule has 1 aromatic carbocycles.